The van der Waals surface area contributed by atoms with Crippen molar-refractivity contribution >= 4 is 17.5 Å². The van der Waals surface area contributed by atoms with Crippen LogP contribution in [0.5, 0.6) is 11.5 Å². The van der Waals surface area contributed by atoms with Crippen LogP contribution in [0.15, 0.2) is 78.9 Å². The molecule has 1 unspecified atom stereocenters. The third-order valence-electron chi connectivity index (χ3n) is 4.54. The van der Waals surface area contributed by atoms with Crippen LogP contribution in [0, 0.1) is 0 Å². The summed E-state index contributed by atoms with van der Waals surface area (Å²) in [5.41, 5.74) is 1.63. The van der Waals surface area contributed by atoms with Gasteiger partial charge in [0.1, 0.15) is 11.5 Å². The minimum atomic E-state index is -0.116. The Bertz CT molecular complexity index is 910. The molecule has 0 fully saturated rings. The fraction of sp³-hybridized carbons (Fsp3) is 0.208. The number of amides is 1. The van der Waals surface area contributed by atoms with E-state index in [0.29, 0.717) is 16.3 Å². The van der Waals surface area contributed by atoms with Crippen molar-refractivity contribution < 1.29 is 9.53 Å². The number of nitrogens with one attached hydrogen (secondary N) is 1. The topological polar surface area (TPSA) is 41.6 Å². The molecule has 3 rings (SSSR count). The maximum Gasteiger partial charge on any atom is 0.251 e. The molecule has 0 saturated carbocycles. The van der Waals surface area contributed by atoms with Gasteiger partial charge in [-0.2, -0.15) is 0 Å². The Morgan fingerprint density at radius 1 is 0.931 bits per heavy atom. The Morgan fingerprint density at radius 2 is 1.55 bits per heavy atom. The monoisotopic (exact) mass is 408 g/mol. The van der Waals surface area contributed by atoms with Crippen molar-refractivity contribution in [2.45, 2.75) is 12.5 Å². The molecule has 3 aromatic rings. The van der Waals surface area contributed by atoms with E-state index in [4.69, 9.17) is 16.3 Å². The maximum absolute atomic E-state index is 12.8. The molecule has 0 heterocycles. The van der Waals surface area contributed by atoms with E-state index in [-0.39, 0.29) is 11.9 Å². The second-order valence-corrected chi connectivity index (χ2v) is 7.55. The first-order chi connectivity index (χ1) is 14.0. The van der Waals surface area contributed by atoms with Crippen molar-refractivity contribution in [1.82, 2.24) is 10.2 Å². The first-order valence-corrected chi connectivity index (χ1v) is 9.93. The van der Waals surface area contributed by atoms with Crippen LogP contribution in [-0.4, -0.2) is 31.4 Å². The quantitative estimate of drug-likeness (QED) is 0.530. The van der Waals surface area contributed by atoms with Crippen molar-refractivity contribution in [1.29, 1.82) is 0 Å². The lowest BCUT2D eigenvalue weighted by Gasteiger charge is -2.21. The lowest BCUT2D eigenvalue weighted by molar-refractivity contribution is 0.0932. The standard InChI is InChI=1S/C24H25ClN2O2/c1-27(2)17-16-23(18-8-12-20(25)13-9-18)26-24(28)19-10-14-22(15-11-19)29-21-6-4-3-5-7-21/h3-15,23H,16-17H2,1-2H3,(H,26,28). The van der Waals surface area contributed by atoms with Gasteiger partial charge in [-0.15, -0.1) is 0 Å². The molecule has 0 aromatic heterocycles. The summed E-state index contributed by atoms with van der Waals surface area (Å²) in [5.74, 6) is 1.33. The van der Waals surface area contributed by atoms with Gasteiger partial charge in [0.15, 0.2) is 0 Å². The van der Waals surface area contributed by atoms with Gasteiger partial charge in [0, 0.05) is 10.6 Å². The molecule has 0 saturated heterocycles. The van der Waals surface area contributed by atoms with Gasteiger partial charge in [0.2, 0.25) is 0 Å². The minimum absolute atomic E-state index is 0.0950. The summed E-state index contributed by atoms with van der Waals surface area (Å²) in [4.78, 5) is 14.9. The van der Waals surface area contributed by atoms with Gasteiger partial charge in [-0.1, -0.05) is 41.9 Å². The first kappa shape index (κ1) is 20.9. The Hall–Kier alpha value is -2.82. The zero-order valence-electron chi connectivity index (χ0n) is 16.6. The number of benzene rings is 3. The van der Waals surface area contributed by atoms with E-state index in [1.165, 1.54) is 0 Å². The van der Waals surface area contributed by atoms with Gasteiger partial charge in [-0.05, 0) is 81.2 Å². The summed E-state index contributed by atoms with van der Waals surface area (Å²) < 4.78 is 5.79. The molecule has 29 heavy (non-hydrogen) atoms. The molecule has 3 aromatic carbocycles. The molecular weight excluding hydrogens is 384 g/mol. The molecule has 0 spiro atoms. The number of hydrogen-bond acceptors (Lipinski definition) is 3. The van der Waals surface area contributed by atoms with Crippen molar-refractivity contribution in [2.75, 3.05) is 20.6 Å². The van der Waals surface area contributed by atoms with Crippen molar-refractivity contribution in [2.24, 2.45) is 0 Å². The average Bonchev–Trinajstić information content (AvgIpc) is 2.73. The Kier molecular flexibility index (Phi) is 7.28. The van der Waals surface area contributed by atoms with Crippen LogP contribution in [0.25, 0.3) is 0 Å². The molecule has 4 nitrogen and oxygen atoms in total. The zero-order chi connectivity index (χ0) is 20.6. The van der Waals surface area contributed by atoms with E-state index in [9.17, 15) is 4.79 Å². The number of carbonyl (C=O) groups is 1. The summed E-state index contributed by atoms with van der Waals surface area (Å²) in [6.45, 7) is 0.859. The molecule has 0 aliphatic rings. The molecule has 1 amide bonds. The number of rotatable bonds is 8. The highest BCUT2D eigenvalue weighted by Gasteiger charge is 2.16. The first-order valence-electron chi connectivity index (χ1n) is 9.55. The van der Waals surface area contributed by atoms with Crippen LogP contribution in [0.2, 0.25) is 5.02 Å². The van der Waals surface area contributed by atoms with E-state index >= 15 is 0 Å². The van der Waals surface area contributed by atoms with Crippen LogP contribution in [0.3, 0.4) is 0 Å². The van der Waals surface area contributed by atoms with Crippen LogP contribution < -0.4 is 10.1 Å². The van der Waals surface area contributed by atoms with Crippen LogP contribution in [0.4, 0.5) is 0 Å². The summed E-state index contributed by atoms with van der Waals surface area (Å²) >= 11 is 6.01. The number of hydrogen-bond donors (Lipinski definition) is 1. The van der Waals surface area contributed by atoms with E-state index in [1.54, 1.807) is 24.3 Å². The Labute approximate surface area is 177 Å². The summed E-state index contributed by atoms with van der Waals surface area (Å²) in [6, 6.07) is 24.2. The predicted molar refractivity (Wildman–Crippen MR) is 118 cm³/mol. The number of ether oxygens (including phenoxy) is 1. The van der Waals surface area contributed by atoms with E-state index in [1.807, 2.05) is 68.7 Å². The number of para-hydroxylation sites is 1. The number of halogens is 1. The highest BCUT2D eigenvalue weighted by molar-refractivity contribution is 6.30. The Morgan fingerprint density at radius 3 is 2.17 bits per heavy atom. The molecular formula is C24H25ClN2O2. The Balaban J connectivity index is 1.68. The van der Waals surface area contributed by atoms with Gasteiger partial charge in [0.25, 0.3) is 5.91 Å². The van der Waals surface area contributed by atoms with E-state index in [2.05, 4.69) is 10.2 Å². The summed E-state index contributed by atoms with van der Waals surface area (Å²) in [6.07, 6.45) is 0.801. The van der Waals surface area contributed by atoms with E-state index < -0.39 is 0 Å². The highest BCUT2D eigenvalue weighted by atomic mass is 35.5. The fourth-order valence-electron chi connectivity index (χ4n) is 2.95. The molecule has 0 radical (unpaired) electrons. The molecule has 1 N–H and O–H groups in total. The van der Waals surface area contributed by atoms with Gasteiger partial charge in [-0.25, -0.2) is 0 Å². The second-order valence-electron chi connectivity index (χ2n) is 7.11. The van der Waals surface area contributed by atoms with Crippen molar-refractivity contribution in [3.05, 3.63) is 95.0 Å². The largest absolute Gasteiger partial charge is 0.457 e. The van der Waals surface area contributed by atoms with Crippen molar-refractivity contribution in [3.63, 3.8) is 0 Å². The third-order valence-corrected chi connectivity index (χ3v) is 4.79. The lowest BCUT2D eigenvalue weighted by Crippen LogP contribution is -2.31. The average molecular weight is 409 g/mol. The van der Waals surface area contributed by atoms with Crippen LogP contribution in [-0.2, 0) is 0 Å². The third kappa shape index (κ3) is 6.34. The van der Waals surface area contributed by atoms with Gasteiger partial charge in [0.05, 0.1) is 6.04 Å². The minimum Gasteiger partial charge on any atom is -0.457 e. The lowest BCUT2D eigenvalue weighted by atomic mass is 10.0. The van der Waals surface area contributed by atoms with Gasteiger partial charge < -0.3 is 15.0 Å². The fourth-order valence-corrected chi connectivity index (χ4v) is 3.07. The molecule has 1 atom stereocenters. The smallest absolute Gasteiger partial charge is 0.251 e. The molecule has 5 heteroatoms. The highest BCUT2D eigenvalue weighted by Crippen LogP contribution is 2.23. The van der Waals surface area contributed by atoms with Crippen molar-refractivity contribution in [3.8, 4) is 11.5 Å². The van der Waals surface area contributed by atoms with Crippen LogP contribution >= 0.6 is 11.6 Å². The summed E-state index contributed by atoms with van der Waals surface area (Å²) in [7, 11) is 4.04. The molecule has 0 aliphatic heterocycles. The summed E-state index contributed by atoms with van der Waals surface area (Å²) in [5, 5.41) is 3.83. The van der Waals surface area contributed by atoms with Gasteiger partial charge in [-0.3, -0.25) is 4.79 Å². The molecule has 150 valence electrons. The zero-order valence-corrected chi connectivity index (χ0v) is 17.4. The van der Waals surface area contributed by atoms with Gasteiger partial charge >= 0.3 is 0 Å². The SMILES string of the molecule is CN(C)CCC(NC(=O)c1ccc(Oc2ccccc2)cc1)c1ccc(Cl)cc1. The molecule has 0 bridgehead atoms. The van der Waals surface area contributed by atoms with Crippen LogP contribution in [0.1, 0.15) is 28.4 Å². The number of nitrogens with zero attached hydrogens (tertiary/aromatic N) is 1. The van der Waals surface area contributed by atoms with E-state index in [0.717, 1.165) is 24.3 Å². The number of carbonyl (C=O) groups excluding carboxylic acids is 1. The molecule has 0 aliphatic carbocycles. The second kappa shape index (κ2) is 10.1. The maximum atomic E-state index is 12.8. The predicted octanol–water partition coefficient (Wildman–Crippen LogP) is 5.56. The normalized spacial score (nSPS) is 11.9.